The average molecular weight is 418 g/mol. The Hall–Kier alpha value is -3.31. The van der Waals surface area contributed by atoms with Crippen molar-refractivity contribution >= 4 is 33.6 Å². The van der Waals surface area contributed by atoms with Crippen LogP contribution in [0.25, 0.3) is 21.9 Å². The van der Waals surface area contributed by atoms with Crippen LogP contribution >= 0.6 is 0 Å². The molecule has 0 saturated carbocycles. The van der Waals surface area contributed by atoms with Crippen LogP contribution in [-0.4, -0.2) is 65.5 Å². The van der Waals surface area contributed by atoms with Crippen LogP contribution in [0.1, 0.15) is 10.4 Å². The zero-order valence-corrected chi connectivity index (χ0v) is 16.5. The van der Waals surface area contributed by atoms with Gasteiger partial charge in [0, 0.05) is 25.2 Å². The Labute approximate surface area is 169 Å². The monoisotopic (exact) mass is 418 g/mol. The lowest BCUT2D eigenvalue weighted by Crippen LogP contribution is -2.70. The van der Waals surface area contributed by atoms with Gasteiger partial charge in [-0.1, -0.05) is 0 Å². The van der Waals surface area contributed by atoms with Gasteiger partial charge in [0.15, 0.2) is 11.5 Å². The lowest BCUT2D eigenvalue weighted by atomic mass is 10.0. The van der Waals surface area contributed by atoms with Crippen LogP contribution in [0.15, 0.2) is 23.1 Å². The molecule has 11 heteroatoms. The van der Waals surface area contributed by atoms with Crippen LogP contribution in [0.2, 0.25) is 0 Å². The van der Waals surface area contributed by atoms with Crippen LogP contribution in [-0.2, 0) is 0 Å². The lowest BCUT2D eigenvalue weighted by Gasteiger charge is -2.51. The molecule has 1 saturated heterocycles. The van der Waals surface area contributed by atoms with Gasteiger partial charge in [-0.05, 0) is 26.2 Å². The van der Waals surface area contributed by atoms with Gasteiger partial charge in [-0.15, -0.1) is 0 Å². The Kier molecular flexibility index (Phi) is 4.59. The minimum absolute atomic E-state index is 0.0286. The second kappa shape index (κ2) is 6.89. The van der Waals surface area contributed by atoms with Gasteiger partial charge in [-0.25, -0.2) is 23.2 Å². The molecule has 4 N–H and O–H groups in total. The van der Waals surface area contributed by atoms with E-state index in [0.717, 1.165) is 12.3 Å². The molecule has 3 aromatic rings. The van der Waals surface area contributed by atoms with Crippen molar-refractivity contribution in [2.24, 2.45) is 5.73 Å². The van der Waals surface area contributed by atoms with Gasteiger partial charge < -0.3 is 21.2 Å². The number of anilines is 1. The quantitative estimate of drug-likeness (QED) is 0.531. The van der Waals surface area contributed by atoms with Crippen molar-refractivity contribution in [1.82, 2.24) is 14.6 Å². The van der Waals surface area contributed by atoms with Crippen LogP contribution in [0.4, 0.5) is 14.5 Å². The Morgan fingerprint density at radius 3 is 2.63 bits per heavy atom. The van der Waals surface area contributed by atoms with E-state index in [2.05, 4.69) is 10.4 Å². The predicted molar refractivity (Wildman–Crippen MR) is 108 cm³/mol. The molecular formula is C19H20F2N6O3. The molecule has 2 unspecified atom stereocenters. The number of rotatable bonds is 4. The van der Waals surface area contributed by atoms with Crippen molar-refractivity contribution in [3.8, 4) is 0 Å². The maximum absolute atomic E-state index is 15.4. The molecule has 1 aromatic carbocycles. The summed E-state index contributed by atoms with van der Waals surface area (Å²) in [5, 5.41) is 9.25. The van der Waals surface area contributed by atoms with E-state index in [-0.39, 0.29) is 46.4 Å². The average Bonchev–Trinajstić information content (AvgIpc) is 2.66. The van der Waals surface area contributed by atoms with Crippen molar-refractivity contribution < 1.29 is 18.7 Å². The Bertz CT molecular complexity index is 1250. The van der Waals surface area contributed by atoms with Crippen LogP contribution in [0.5, 0.6) is 0 Å². The first-order valence-electron chi connectivity index (χ1n) is 9.13. The molecule has 0 aliphatic carbocycles. The van der Waals surface area contributed by atoms with Gasteiger partial charge in [0.25, 0.3) is 0 Å². The molecule has 0 bridgehead atoms. The standard InChI is InChI=1S/C19H20F2N6O3/c1-23-27-6-10(19(29)30)16(28)9-4-8-5-11(20)15(13(21)14(8)24-17(9)27)26-7-12(22)18(26)25(2)3/h4-6,12,18,23H,7,22H2,1-3H3,(H,29,30). The predicted octanol–water partition coefficient (Wildman–Crippen LogP) is 0.734. The normalized spacial score (nSPS) is 18.8. The van der Waals surface area contributed by atoms with E-state index in [4.69, 9.17) is 5.73 Å². The van der Waals surface area contributed by atoms with Crippen LogP contribution < -0.4 is 21.5 Å². The molecule has 2 atom stereocenters. The Morgan fingerprint density at radius 2 is 2.07 bits per heavy atom. The van der Waals surface area contributed by atoms with Gasteiger partial charge in [-0.2, -0.15) is 0 Å². The number of nitrogens with two attached hydrogens (primary N) is 1. The summed E-state index contributed by atoms with van der Waals surface area (Å²) < 4.78 is 31.6. The fraction of sp³-hybridized carbons (Fsp3) is 0.316. The van der Waals surface area contributed by atoms with E-state index < -0.39 is 28.6 Å². The van der Waals surface area contributed by atoms with Gasteiger partial charge in [0.1, 0.15) is 22.6 Å². The van der Waals surface area contributed by atoms with Crippen LogP contribution in [0, 0.1) is 11.6 Å². The summed E-state index contributed by atoms with van der Waals surface area (Å²) in [5.74, 6) is -3.10. The zero-order valence-electron chi connectivity index (χ0n) is 16.5. The molecule has 30 heavy (non-hydrogen) atoms. The number of pyridine rings is 2. The number of benzene rings is 1. The number of aromatic nitrogens is 2. The molecule has 0 radical (unpaired) electrons. The van der Waals surface area contributed by atoms with Gasteiger partial charge in [0.05, 0.1) is 17.6 Å². The molecule has 3 heterocycles. The molecule has 0 spiro atoms. The molecular weight excluding hydrogens is 398 g/mol. The summed E-state index contributed by atoms with van der Waals surface area (Å²) in [7, 11) is 5.03. The summed E-state index contributed by atoms with van der Waals surface area (Å²) in [4.78, 5) is 31.5. The number of fused-ring (bicyclic) bond motifs is 2. The number of halogens is 2. The lowest BCUT2D eigenvalue weighted by molar-refractivity contribution is 0.0695. The summed E-state index contributed by atoms with van der Waals surface area (Å²) in [6.07, 6.45) is 0.700. The second-order valence-corrected chi connectivity index (χ2v) is 7.42. The van der Waals surface area contributed by atoms with Crippen molar-refractivity contribution in [1.29, 1.82) is 0 Å². The molecule has 0 amide bonds. The van der Waals surface area contributed by atoms with Gasteiger partial charge >= 0.3 is 5.97 Å². The highest BCUT2D eigenvalue weighted by Crippen LogP contribution is 2.36. The zero-order chi connectivity index (χ0) is 21.9. The third kappa shape index (κ3) is 2.77. The first kappa shape index (κ1) is 20.0. The van der Waals surface area contributed by atoms with Crippen molar-refractivity contribution in [3.05, 3.63) is 45.8 Å². The Balaban J connectivity index is 2.01. The second-order valence-electron chi connectivity index (χ2n) is 7.42. The van der Waals surface area contributed by atoms with E-state index in [0.29, 0.717) is 0 Å². The number of hydrogen-bond donors (Lipinski definition) is 3. The molecule has 1 aliphatic heterocycles. The summed E-state index contributed by atoms with van der Waals surface area (Å²) in [6, 6.07) is 2.08. The molecule has 2 aromatic heterocycles. The number of nitrogens with zero attached hydrogens (tertiary/aromatic N) is 4. The third-order valence-electron chi connectivity index (χ3n) is 5.33. The smallest absolute Gasteiger partial charge is 0.341 e. The van der Waals surface area contributed by atoms with E-state index in [1.165, 1.54) is 22.7 Å². The fourth-order valence-electron chi connectivity index (χ4n) is 3.97. The number of aromatic carboxylic acids is 1. The highest BCUT2D eigenvalue weighted by molar-refractivity contribution is 5.97. The Morgan fingerprint density at radius 1 is 1.37 bits per heavy atom. The van der Waals surface area contributed by atoms with E-state index in [1.807, 2.05) is 0 Å². The minimum atomic E-state index is -1.41. The summed E-state index contributed by atoms with van der Waals surface area (Å²) >= 11 is 0. The van der Waals surface area contributed by atoms with E-state index in [9.17, 15) is 19.1 Å². The first-order chi connectivity index (χ1) is 14.1. The highest BCUT2D eigenvalue weighted by atomic mass is 19.1. The largest absolute Gasteiger partial charge is 0.477 e. The number of nitrogens with one attached hydrogen (secondary N) is 1. The number of carbonyl (C=O) groups is 1. The molecule has 9 nitrogen and oxygen atoms in total. The SMILES string of the molecule is CNn1cc(C(=O)O)c(=O)c2cc3cc(F)c(N4CC(N)C4N(C)C)c(F)c3nc21. The molecule has 1 fully saturated rings. The number of carboxylic acid groups (broad SMARTS) is 1. The molecule has 158 valence electrons. The third-order valence-corrected chi connectivity index (χ3v) is 5.33. The fourth-order valence-corrected chi connectivity index (χ4v) is 3.97. The number of hydrogen-bond acceptors (Lipinski definition) is 7. The van der Waals surface area contributed by atoms with E-state index >= 15 is 4.39 Å². The number of carboxylic acids is 1. The van der Waals surface area contributed by atoms with Gasteiger partial charge in [-0.3, -0.25) is 9.69 Å². The first-order valence-corrected chi connectivity index (χ1v) is 9.13. The maximum atomic E-state index is 15.4. The van der Waals surface area contributed by atoms with Gasteiger partial charge in [0.2, 0.25) is 5.43 Å². The maximum Gasteiger partial charge on any atom is 0.341 e. The molecule has 1 aliphatic rings. The van der Waals surface area contributed by atoms with E-state index in [1.54, 1.807) is 19.0 Å². The van der Waals surface area contributed by atoms with Crippen molar-refractivity contribution in [3.63, 3.8) is 0 Å². The van der Waals surface area contributed by atoms with Crippen molar-refractivity contribution in [2.45, 2.75) is 12.2 Å². The summed E-state index contributed by atoms with van der Waals surface area (Å²) in [6.45, 7) is 0.277. The highest BCUT2D eigenvalue weighted by Gasteiger charge is 2.41. The van der Waals surface area contributed by atoms with Crippen LogP contribution in [0.3, 0.4) is 0 Å². The summed E-state index contributed by atoms with van der Waals surface area (Å²) in [5.41, 5.74) is 7.07. The van der Waals surface area contributed by atoms with Crippen molar-refractivity contribution in [2.75, 3.05) is 38.0 Å². The minimum Gasteiger partial charge on any atom is -0.477 e. The molecule has 4 rings (SSSR count). The topological polar surface area (TPSA) is 117 Å². The number of likely N-dealkylation sites (N-methyl/N-ethyl adjacent to an activating group) is 1.